The molecule has 0 unspecified atom stereocenters. The third kappa shape index (κ3) is 3.13. The Morgan fingerprint density at radius 3 is 2.94 bits per heavy atom. The quantitative estimate of drug-likeness (QED) is 0.804. The molecule has 1 aromatic carbocycles. The summed E-state index contributed by atoms with van der Waals surface area (Å²) in [6.45, 7) is 0.799. The predicted molar refractivity (Wildman–Crippen MR) is 70.2 cm³/mol. The largest absolute Gasteiger partial charge is 0.468 e. The zero-order chi connectivity index (χ0) is 12.3. The molecule has 2 N–H and O–H groups in total. The van der Waals surface area contributed by atoms with Crippen LogP contribution >= 0.6 is 12.4 Å². The van der Waals surface area contributed by atoms with Crippen molar-refractivity contribution >= 4 is 30.0 Å². The normalized spacial score (nSPS) is 11.8. The monoisotopic (exact) mass is 270 g/mol. The van der Waals surface area contributed by atoms with Crippen LogP contribution in [0.15, 0.2) is 18.2 Å². The Hall–Kier alpha value is -1.75. The van der Waals surface area contributed by atoms with Crippen LogP contribution in [0.1, 0.15) is 15.9 Å². The highest BCUT2D eigenvalue weighted by Crippen LogP contribution is 2.22. The number of fused-ring (bicyclic) bond motifs is 1. The molecule has 0 saturated carbocycles. The predicted octanol–water partition coefficient (Wildman–Crippen LogP) is 0.979. The summed E-state index contributed by atoms with van der Waals surface area (Å²) in [5, 5.41) is 5.73. The number of ether oxygens (including phenoxy) is 1. The molecule has 1 amide bonds. The topological polar surface area (TPSA) is 67.4 Å². The standard InChI is InChI=1S/C12H14N2O3.ClH/c1-17-11(15)7-14-12(16)9-2-3-10-8(6-9)4-5-13-10;/h2-3,6,13H,4-5,7H2,1H3,(H,14,16);1H. The van der Waals surface area contributed by atoms with Crippen molar-refractivity contribution in [3.8, 4) is 0 Å². The number of esters is 1. The van der Waals surface area contributed by atoms with Crippen LogP contribution in [-0.4, -0.2) is 32.1 Å². The second-order valence-electron chi connectivity index (χ2n) is 3.81. The van der Waals surface area contributed by atoms with Gasteiger partial charge in [-0.2, -0.15) is 0 Å². The van der Waals surface area contributed by atoms with Gasteiger partial charge < -0.3 is 15.4 Å². The van der Waals surface area contributed by atoms with E-state index in [0.29, 0.717) is 5.56 Å². The fourth-order valence-electron chi connectivity index (χ4n) is 1.77. The third-order valence-electron chi connectivity index (χ3n) is 2.70. The van der Waals surface area contributed by atoms with Crippen LogP contribution in [0, 0.1) is 0 Å². The average Bonchev–Trinajstić information content (AvgIpc) is 2.82. The molecule has 1 heterocycles. The van der Waals surface area contributed by atoms with E-state index < -0.39 is 5.97 Å². The molecule has 98 valence electrons. The summed E-state index contributed by atoms with van der Waals surface area (Å²) in [6.07, 6.45) is 0.924. The number of carbonyl (C=O) groups excluding carboxylic acids is 2. The number of anilines is 1. The molecule has 18 heavy (non-hydrogen) atoms. The average molecular weight is 271 g/mol. The fourth-order valence-corrected chi connectivity index (χ4v) is 1.77. The molecule has 0 atom stereocenters. The van der Waals surface area contributed by atoms with Gasteiger partial charge in [0.15, 0.2) is 0 Å². The molecule has 0 bridgehead atoms. The van der Waals surface area contributed by atoms with E-state index in [1.165, 1.54) is 7.11 Å². The smallest absolute Gasteiger partial charge is 0.325 e. The lowest BCUT2D eigenvalue weighted by atomic mass is 10.1. The first-order chi connectivity index (χ1) is 8.20. The van der Waals surface area contributed by atoms with E-state index in [0.717, 1.165) is 24.2 Å². The number of benzene rings is 1. The number of rotatable bonds is 3. The highest BCUT2D eigenvalue weighted by atomic mass is 35.5. The summed E-state index contributed by atoms with van der Waals surface area (Å²) < 4.78 is 4.45. The van der Waals surface area contributed by atoms with Gasteiger partial charge in [-0.05, 0) is 30.2 Å². The molecular formula is C12H15ClN2O3. The number of hydrogen-bond acceptors (Lipinski definition) is 4. The van der Waals surface area contributed by atoms with Crippen LogP contribution in [0.4, 0.5) is 5.69 Å². The first-order valence-electron chi connectivity index (χ1n) is 5.42. The first-order valence-corrected chi connectivity index (χ1v) is 5.42. The summed E-state index contributed by atoms with van der Waals surface area (Å²) in [7, 11) is 1.29. The van der Waals surface area contributed by atoms with Crippen molar-refractivity contribution in [2.75, 3.05) is 25.5 Å². The van der Waals surface area contributed by atoms with E-state index in [1.54, 1.807) is 6.07 Å². The van der Waals surface area contributed by atoms with Gasteiger partial charge in [-0.3, -0.25) is 9.59 Å². The Morgan fingerprint density at radius 1 is 1.44 bits per heavy atom. The highest BCUT2D eigenvalue weighted by molar-refractivity contribution is 5.96. The van der Waals surface area contributed by atoms with Crippen molar-refractivity contribution in [1.82, 2.24) is 5.32 Å². The molecule has 5 nitrogen and oxygen atoms in total. The molecule has 1 aliphatic heterocycles. The minimum absolute atomic E-state index is 0. The molecule has 1 aromatic rings. The van der Waals surface area contributed by atoms with Gasteiger partial charge in [0.05, 0.1) is 7.11 Å². The Bertz CT molecular complexity index is 463. The number of carbonyl (C=O) groups is 2. The maximum atomic E-state index is 11.7. The molecule has 1 aliphatic rings. The van der Waals surface area contributed by atoms with E-state index in [9.17, 15) is 9.59 Å². The van der Waals surface area contributed by atoms with Crippen LogP contribution in [0.25, 0.3) is 0 Å². The highest BCUT2D eigenvalue weighted by Gasteiger charge is 2.13. The van der Waals surface area contributed by atoms with Crippen LogP contribution in [0.5, 0.6) is 0 Å². The molecule has 2 rings (SSSR count). The van der Waals surface area contributed by atoms with E-state index in [1.807, 2.05) is 12.1 Å². The second-order valence-corrected chi connectivity index (χ2v) is 3.81. The van der Waals surface area contributed by atoms with Crippen LogP contribution in [-0.2, 0) is 16.0 Å². The van der Waals surface area contributed by atoms with Crippen LogP contribution < -0.4 is 10.6 Å². The summed E-state index contributed by atoms with van der Waals surface area (Å²) in [6, 6.07) is 5.47. The van der Waals surface area contributed by atoms with E-state index in [-0.39, 0.29) is 24.9 Å². The van der Waals surface area contributed by atoms with E-state index in [4.69, 9.17) is 0 Å². The third-order valence-corrected chi connectivity index (χ3v) is 2.70. The summed E-state index contributed by atoms with van der Waals surface area (Å²) >= 11 is 0. The lowest BCUT2D eigenvalue weighted by Gasteiger charge is -2.05. The van der Waals surface area contributed by atoms with Gasteiger partial charge in [0.25, 0.3) is 5.91 Å². The van der Waals surface area contributed by atoms with Crippen LogP contribution in [0.2, 0.25) is 0 Å². The minimum Gasteiger partial charge on any atom is -0.468 e. The minimum atomic E-state index is -0.457. The second kappa shape index (κ2) is 6.26. The fraction of sp³-hybridized carbons (Fsp3) is 0.333. The Kier molecular flexibility index (Phi) is 4.97. The molecule has 0 radical (unpaired) electrons. The summed E-state index contributed by atoms with van der Waals surface area (Å²) in [5.74, 6) is -0.716. The van der Waals surface area contributed by atoms with E-state index in [2.05, 4.69) is 15.4 Å². The van der Waals surface area contributed by atoms with Gasteiger partial charge in [-0.15, -0.1) is 12.4 Å². The maximum absolute atomic E-state index is 11.7. The van der Waals surface area contributed by atoms with Gasteiger partial charge in [-0.1, -0.05) is 0 Å². The molecule has 0 saturated heterocycles. The molecule has 0 spiro atoms. The SMILES string of the molecule is COC(=O)CNC(=O)c1ccc2c(c1)CCN2.Cl. The number of hydrogen-bond donors (Lipinski definition) is 2. The van der Waals surface area contributed by atoms with Crippen molar-refractivity contribution in [3.05, 3.63) is 29.3 Å². The van der Waals surface area contributed by atoms with Gasteiger partial charge in [0.1, 0.15) is 6.54 Å². The number of nitrogens with one attached hydrogen (secondary N) is 2. The van der Waals surface area contributed by atoms with Crippen molar-refractivity contribution in [2.45, 2.75) is 6.42 Å². The molecule has 6 heteroatoms. The first kappa shape index (κ1) is 14.3. The van der Waals surface area contributed by atoms with Crippen molar-refractivity contribution < 1.29 is 14.3 Å². The molecule has 0 fully saturated rings. The summed E-state index contributed by atoms with van der Waals surface area (Å²) in [5.41, 5.74) is 2.78. The molecular weight excluding hydrogens is 256 g/mol. The summed E-state index contributed by atoms with van der Waals surface area (Å²) in [4.78, 5) is 22.6. The van der Waals surface area contributed by atoms with Gasteiger partial charge in [0.2, 0.25) is 0 Å². The molecule has 0 aliphatic carbocycles. The molecule has 0 aromatic heterocycles. The van der Waals surface area contributed by atoms with Crippen molar-refractivity contribution in [3.63, 3.8) is 0 Å². The van der Waals surface area contributed by atoms with Gasteiger partial charge in [-0.25, -0.2) is 0 Å². The zero-order valence-electron chi connectivity index (χ0n) is 9.99. The Balaban J connectivity index is 0.00000162. The number of halogens is 1. The maximum Gasteiger partial charge on any atom is 0.325 e. The van der Waals surface area contributed by atoms with Crippen LogP contribution in [0.3, 0.4) is 0 Å². The zero-order valence-corrected chi connectivity index (χ0v) is 10.8. The Labute approximate surface area is 111 Å². The van der Waals surface area contributed by atoms with Gasteiger partial charge in [0, 0.05) is 17.8 Å². The van der Waals surface area contributed by atoms with Gasteiger partial charge >= 0.3 is 5.97 Å². The number of methoxy groups -OCH3 is 1. The number of amides is 1. The Morgan fingerprint density at radius 2 is 2.22 bits per heavy atom. The van der Waals surface area contributed by atoms with Crippen molar-refractivity contribution in [1.29, 1.82) is 0 Å². The lowest BCUT2D eigenvalue weighted by molar-refractivity contribution is -0.139. The van der Waals surface area contributed by atoms with E-state index >= 15 is 0 Å². The van der Waals surface area contributed by atoms with Crippen molar-refractivity contribution in [2.24, 2.45) is 0 Å². The lowest BCUT2D eigenvalue weighted by Crippen LogP contribution is -2.30.